The van der Waals surface area contributed by atoms with Crippen molar-refractivity contribution >= 4 is 12.0 Å². The van der Waals surface area contributed by atoms with E-state index in [2.05, 4.69) is 0 Å². The van der Waals surface area contributed by atoms with Gasteiger partial charge in [-0.25, -0.2) is 4.79 Å². The topological polar surface area (TPSA) is 90.9 Å². The van der Waals surface area contributed by atoms with Crippen molar-refractivity contribution in [1.29, 1.82) is 0 Å². The molecule has 1 fully saturated rings. The van der Waals surface area contributed by atoms with Gasteiger partial charge in [-0.15, -0.1) is 0 Å². The molecule has 1 saturated heterocycles. The molecule has 2 aliphatic heterocycles. The van der Waals surface area contributed by atoms with Gasteiger partial charge in [-0.05, 0) is 50.3 Å². The molecule has 45 heavy (non-hydrogen) atoms. The van der Waals surface area contributed by atoms with Crippen molar-refractivity contribution in [2.45, 2.75) is 69.9 Å². The van der Waals surface area contributed by atoms with E-state index in [9.17, 15) is 4.79 Å². The van der Waals surface area contributed by atoms with Gasteiger partial charge in [0.2, 0.25) is 0 Å². The molecule has 2 bridgehead atoms. The fourth-order valence-electron chi connectivity index (χ4n) is 5.82. The van der Waals surface area contributed by atoms with Crippen LogP contribution in [0.1, 0.15) is 65.9 Å². The molecule has 9 heteroatoms. The van der Waals surface area contributed by atoms with E-state index in [0.29, 0.717) is 48.7 Å². The lowest BCUT2D eigenvalue weighted by Crippen LogP contribution is -2.48. The molecular formula is C36H42O9. The second-order valence-electron chi connectivity index (χ2n) is 11.1. The lowest BCUT2D eigenvalue weighted by atomic mass is 9.96. The van der Waals surface area contributed by atoms with Gasteiger partial charge >= 0.3 is 5.97 Å². The van der Waals surface area contributed by atoms with Gasteiger partial charge < -0.3 is 37.9 Å². The number of ether oxygens (including phenoxy) is 8. The van der Waals surface area contributed by atoms with Crippen molar-refractivity contribution in [3.05, 3.63) is 89.0 Å². The monoisotopic (exact) mass is 618 g/mol. The summed E-state index contributed by atoms with van der Waals surface area (Å²) >= 11 is 0. The molecule has 240 valence electrons. The highest BCUT2D eigenvalue weighted by Gasteiger charge is 2.40. The van der Waals surface area contributed by atoms with Crippen LogP contribution in [-0.4, -0.2) is 58.8 Å². The molecule has 0 saturated carbocycles. The van der Waals surface area contributed by atoms with Gasteiger partial charge in [0, 0.05) is 17.2 Å². The number of esters is 1. The van der Waals surface area contributed by atoms with Crippen molar-refractivity contribution in [2.24, 2.45) is 0 Å². The van der Waals surface area contributed by atoms with E-state index in [-0.39, 0.29) is 30.0 Å². The zero-order valence-corrected chi connectivity index (χ0v) is 26.5. The maximum atomic E-state index is 13.5. The van der Waals surface area contributed by atoms with E-state index >= 15 is 0 Å². The zero-order chi connectivity index (χ0) is 31.8. The maximum Gasteiger partial charge on any atom is 0.342 e. The van der Waals surface area contributed by atoms with Crippen LogP contribution in [0.3, 0.4) is 0 Å². The Hall–Kier alpha value is -4.05. The van der Waals surface area contributed by atoms with Crippen LogP contribution in [-0.2, 0) is 25.6 Å². The summed E-state index contributed by atoms with van der Waals surface area (Å²) in [5.74, 6) is 1.47. The summed E-state index contributed by atoms with van der Waals surface area (Å²) in [5.41, 5.74) is 2.73. The van der Waals surface area contributed by atoms with Crippen LogP contribution >= 0.6 is 0 Å². The molecule has 5 atom stereocenters. The molecule has 3 aromatic carbocycles. The second kappa shape index (κ2) is 15.3. The first kappa shape index (κ1) is 32.3. The first-order chi connectivity index (χ1) is 21.9. The summed E-state index contributed by atoms with van der Waals surface area (Å²) in [6.07, 6.45) is 4.49. The fraction of sp³-hybridized carbons (Fsp3) is 0.417. The molecule has 9 nitrogen and oxygen atoms in total. The smallest absolute Gasteiger partial charge is 0.342 e. The Kier molecular flexibility index (Phi) is 11.0. The standard InChI is InChI=1S/C36H42O9/c1-23-11-9-15-28-34(42-22-24-17-19-26(38-2)20-18-24)29(45-36(44-28)25-12-7-6-8-13-25)16-10-14-27-32(35(37)43-23)30(39-3)21-31(40-4)33(27)41-5/h6-8,10,12-14,17-21,23,28-29,34,36H,9,11,15-16,22H2,1-5H3/b14-10+/t23-,28-,29+,34-,36-/m0/s1. The summed E-state index contributed by atoms with van der Waals surface area (Å²) in [6.45, 7) is 2.28. The Labute approximate surface area is 264 Å². The Morgan fingerprint density at radius 1 is 0.822 bits per heavy atom. The number of carbonyl (C=O) groups is 1. The van der Waals surface area contributed by atoms with Crippen molar-refractivity contribution in [3.8, 4) is 23.0 Å². The van der Waals surface area contributed by atoms with Crippen LogP contribution in [0.4, 0.5) is 0 Å². The second-order valence-corrected chi connectivity index (χ2v) is 11.1. The molecule has 0 radical (unpaired) electrons. The van der Waals surface area contributed by atoms with Crippen LogP contribution < -0.4 is 18.9 Å². The average Bonchev–Trinajstić information content (AvgIpc) is 3.07. The van der Waals surface area contributed by atoms with Gasteiger partial charge in [-0.1, -0.05) is 54.6 Å². The number of carbonyl (C=O) groups excluding carboxylic acids is 1. The van der Waals surface area contributed by atoms with Gasteiger partial charge in [-0.3, -0.25) is 0 Å². The Balaban J connectivity index is 1.53. The van der Waals surface area contributed by atoms with Crippen LogP contribution in [0.25, 0.3) is 6.08 Å². The number of methoxy groups -OCH3 is 4. The Morgan fingerprint density at radius 2 is 1.56 bits per heavy atom. The Morgan fingerprint density at radius 3 is 2.24 bits per heavy atom. The molecule has 5 rings (SSSR count). The molecule has 0 spiro atoms. The highest BCUT2D eigenvalue weighted by Crippen LogP contribution is 2.42. The minimum atomic E-state index is -0.555. The molecule has 0 amide bonds. The number of rotatable bonds is 8. The largest absolute Gasteiger partial charge is 0.497 e. The molecule has 0 aliphatic carbocycles. The van der Waals surface area contributed by atoms with Crippen LogP contribution in [0.5, 0.6) is 23.0 Å². The lowest BCUT2D eigenvalue weighted by molar-refractivity contribution is -0.299. The first-order valence-corrected chi connectivity index (χ1v) is 15.3. The average molecular weight is 619 g/mol. The van der Waals surface area contributed by atoms with E-state index in [4.69, 9.17) is 37.9 Å². The number of hydrogen-bond acceptors (Lipinski definition) is 9. The van der Waals surface area contributed by atoms with E-state index < -0.39 is 12.3 Å². The van der Waals surface area contributed by atoms with Crippen molar-refractivity contribution in [2.75, 3.05) is 28.4 Å². The third-order valence-corrected chi connectivity index (χ3v) is 8.16. The van der Waals surface area contributed by atoms with E-state index in [1.54, 1.807) is 20.3 Å². The highest BCUT2D eigenvalue weighted by atomic mass is 16.7. The molecule has 0 N–H and O–H groups in total. The highest BCUT2D eigenvalue weighted by molar-refractivity contribution is 5.98. The number of benzene rings is 3. The predicted molar refractivity (Wildman–Crippen MR) is 169 cm³/mol. The lowest BCUT2D eigenvalue weighted by Gasteiger charge is -2.42. The maximum absolute atomic E-state index is 13.5. The van der Waals surface area contributed by atoms with Gasteiger partial charge in [0.25, 0.3) is 0 Å². The van der Waals surface area contributed by atoms with Crippen molar-refractivity contribution in [1.82, 2.24) is 0 Å². The number of hydrogen-bond donors (Lipinski definition) is 0. The number of cyclic esters (lactones) is 1. The van der Waals surface area contributed by atoms with E-state index in [1.807, 2.05) is 73.7 Å². The molecular weight excluding hydrogens is 576 g/mol. The number of fused-ring (bicyclic) bond motifs is 3. The van der Waals surface area contributed by atoms with Crippen LogP contribution in [0.15, 0.2) is 66.7 Å². The van der Waals surface area contributed by atoms with E-state index in [1.165, 1.54) is 14.2 Å². The minimum Gasteiger partial charge on any atom is -0.497 e. The normalized spacial score (nSPS) is 24.4. The van der Waals surface area contributed by atoms with Gasteiger partial charge in [0.05, 0.1) is 53.4 Å². The Bertz CT molecular complexity index is 1440. The molecule has 0 aromatic heterocycles. The van der Waals surface area contributed by atoms with Crippen molar-refractivity contribution in [3.63, 3.8) is 0 Å². The third-order valence-electron chi connectivity index (χ3n) is 8.16. The molecule has 2 heterocycles. The predicted octanol–water partition coefficient (Wildman–Crippen LogP) is 6.92. The molecule has 3 aromatic rings. The fourth-order valence-corrected chi connectivity index (χ4v) is 5.82. The van der Waals surface area contributed by atoms with E-state index in [0.717, 1.165) is 23.3 Å². The van der Waals surface area contributed by atoms with Crippen molar-refractivity contribution < 1.29 is 42.7 Å². The third kappa shape index (κ3) is 7.61. The minimum absolute atomic E-state index is 0.256. The van der Waals surface area contributed by atoms with Crippen LogP contribution in [0.2, 0.25) is 0 Å². The summed E-state index contributed by atoms with van der Waals surface area (Å²) in [5, 5.41) is 0. The summed E-state index contributed by atoms with van der Waals surface area (Å²) in [6, 6.07) is 19.4. The van der Waals surface area contributed by atoms with Gasteiger partial charge in [0.15, 0.2) is 17.8 Å². The molecule has 2 aliphatic rings. The zero-order valence-electron chi connectivity index (χ0n) is 26.5. The molecule has 0 unspecified atom stereocenters. The summed E-state index contributed by atoms with van der Waals surface area (Å²) in [4.78, 5) is 13.5. The van der Waals surface area contributed by atoms with Crippen LogP contribution in [0, 0.1) is 0 Å². The van der Waals surface area contributed by atoms with Gasteiger partial charge in [0.1, 0.15) is 23.2 Å². The summed E-state index contributed by atoms with van der Waals surface area (Å²) in [7, 11) is 6.24. The van der Waals surface area contributed by atoms with Gasteiger partial charge in [-0.2, -0.15) is 0 Å². The first-order valence-electron chi connectivity index (χ1n) is 15.3. The SMILES string of the molecule is COc1ccc(CO[C@H]2[C@@H]3CCC[C@H](C)OC(=O)c4c(OC)cc(OC)c(OC)c4/C=C/C[C@H]2O[C@@H](c2ccccc2)O3)cc1. The quantitative estimate of drug-likeness (QED) is 0.250. The summed E-state index contributed by atoms with van der Waals surface area (Å²) < 4.78 is 48.0.